The maximum atomic E-state index is 10.3. The van der Waals surface area contributed by atoms with Gasteiger partial charge in [-0.2, -0.15) is 0 Å². The summed E-state index contributed by atoms with van der Waals surface area (Å²) in [6.07, 6.45) is 2.47. The second-order valence-electron chi connectivity index (χ2n) is 2.56. The van der Waals surface area contributed by atoms with Gasteiger partial charge in [-0.25, -0.2) is 4.79 Å². The van der Waals surface area contributed by atoms with Crippen molar-refractivity contribution >= 4 is 23.6 Å². The molecule has 0 bridgehead atoms. The van der Waals surface area contributed by atoms with E-state index in [0.717, 1.165) is 6.08 Å². The van der Waals surface area contributed by atoms with E-state index in [1.165, 1.54) is 13.2 Å². The van der Waals surface area contributed by atoms with Crippen LogP contribution in [0.1, 0.15) is 5.56 Å². The number of rotatable bonds is 3. The van der Waals surface area contributed by atoms with Gasteiger partial charge in [0.05, 0.1) is 7.11 Å². The van der Waals surface area contributed by atoms with Crippen LogP contribution in [0, 0.1) is 0 Å². The maximum Gasteiger partial charge on any atom is 0.328 e. The standard InChI is InChI=1S/C10H9ClO3/c1-14-9-4-3-8(11)6-7(9)2-5-10(12)13/h2-6H,1H3,(H,12,13)/b5-2+. The third kappa shape index (κ3) is 2.78. The Morgan fingerprint density at radius 2 is 2.29 bits per heavy atom. The Labute approximate surface area is 86.6 Å². The quantitative estimate of drug-likeness (QED) is 0.783. The second kappa shape index (κ2) is 4.67. The Morgan fingerprint density at radius 3 is 2.86 bits per heavy atom. The minimum absolute atomic E-state index is 0.538. The Bertz CT molecular complexity index is 372. The van der Waals surface area contributed by atoms with Crippen molar-refractivity contribution < 1.29 is 14.6 Å². The van der Waals surface area contributed by atoms with E-state index in [1.807, 2.05) is 0 Å². The summed E-state index contributed by atoms with van der Waals surface area (Å²) in [4.78, 5) is 10.3. The molecule has 0 aliphatic heterocycles. The topological polar surface area (TPSA) is 46.5 Å². The van der Waals surface area contributed by atoms with E-state index >= 15 is 0 Å². The Balaban J connectivity index is 3.04. The molecular formula is C10H9ClO3. The molecule has 74 valence electrons. The van der Waals surface area contributed by atoms with Gasteiger partial charge in [0.15, 0.2) is 0 Å². The molecule has 0 fully saturated rings. The minimum atomic E-state index is -1.01. The maximum absolute atomic E-state index is 10.3. The molecule has 0 saturated heterocycles. The van der Waals surface area contributed by atoms with Gasteiger partial charge in [0, 0.05) is 16.7 Å². The molecule has 0 unspecified atom stereocenters. The molecule has 0 saturated carbocycles. The lowest BCUT2D eigenvalue weighted by molar-refractivity contribution is -0.131. The van der Waals surface area contributed by atoms with Crippen molar-refractivity contribution in [1.82, 2.24) is 0 Å². The number of aliphatic carboxylic acids is 1. The fourth-order valence-electron chi connectivity index (χ4n) is 0.997. The smallest absolute Gasteiger partial charge is 0.328 e. The summed E-state index contributed by atoms with van der Waals surface area (Å²) in [5.41, 5.74) is 0.641. The SMILES string of the molecule is COc1ccc(Cl)cc1/C=C/C(=O)O. The molecule has 1 rings (SSSR count). The molecule has 0 amide bonds. The van der Waals surface area contributed by atoms with E-state index in [-0.39, 0.29) is 0 Å². The van der Waals surface area contributed by atoms with Crippen LogP contribution >= 0.6 is 11.6 Å². The lowest BCUT2D eigenvalue weighted by Gasteiger charge is -2.03. The number of carboxylic acids is 1. The van der Waals surface area contributed by atoms with Crippen LogP contribution in [0.25, 0.3) is 6.08 Å². The zero-order chi connectivity index (χ0) is 10.6. The van der Waals surface area contributed by atoms with Crippen LogP contribution in [0.3, 0.4) is 0 Å². The second-order valence-corrected chi connectivity index (χ2v) is 2.99. The molecule has 1 N–H and O–H groups in total. The first kappa shape index (κ1) is 10.6. The molecule has 14 heavy (non-hydrogen) atoms. The molecule has 3 nitrogen and oxygen atoms in total. The van der Waals surface area contributed by atoms with Gasteiger partial charge in [-0.1, -0.05) is 11.6 Å². The van der Waals surface area contributed by atoms with Crippen molar-refractivity contribution in [2.24, 2.45) is 0 Å². The summed E-state index contributed by atoms with van der Waals surface area (Å²) in [5.74, 6) is -0.418. The number of halogens is 1. The average molecular weight is 213 g/mol. The third-order valence-corrected chi connectivity index (χ3v) is 1.83. The van der Waals surface area contributed by atoms with Crippen LogP contribution in [0.15, 0.2) is 24.3 Å². The highest BCUT2D eigenvalue weighted by atomic mass is 35.5. The molecule has 0 aliphatic carbocycles. The summed E-state index contributed by atoms with van der Waals surface area (Å²) in [7, 11) is 1.52. The first-order valence-electron chi connectivity index (χ1n) is 3.88. The number of hydrogen-bond donors (Lipinski definition) is 1. The fraction of sp³-hybridized carbons (Fsp3) is 0.100. The van der Waals surface area contributed by atoms with Crippen molar-refractivity contribution in [2.75, 3.05) is 7.11 Å². The molecule has 0 radical (unpaired) electrons. The summed E-state index contributed by atoms with van der Waals surface area (Å²) < 4.78 is 5.03. The average Bonchev–Trinajstić information content (AvgIpc) is 2.15. The molecule has 1 aromatic carbocycles. The van der Waals surface area contributed by atoms with Crippen molar-refractivity contribution in [2.45, 2.75) is 0 Å². The van der Waals surface area contributed by atoms with Gasteiger partial charge < -0.3 is 9.84 Å². The Morgan fingerprint density at radius 1 is 1.57 bits per heavy atom. The molecule has 0 atom stereocenters. The van der Waals surface area contributed by atoms with Gasteiger partial charge in [-0.15, -0.1) is 0 Å². The number of carboxylic acid groups (broad SMARTS) is 1. The summed E-state index contributed by atoms with van der Waals surface area (Å²) in [6, 6.07) is 5.00. The van der Waals surface area contributed by atoms with Crippen LogP contribution in [-0.2, 0) is 4.79 Å². The summed E-state index contributed by atoms with van der Waals surface area (Å²) in [6.45, 7) is 0. The number of carbonyl (C=O) groups is 1. The third-order valence-electron chi connectivity index (χ3n) is 1.60. The minimum Gasteiger partial charge on any atom is -0.496 e. The predicted octanol–water partition coefficient (Wildman–Crippen LogP) is 2.45. The molecule has 4 heteroatoms. The zero-order valence-electron chi connectivity index (χ0n) is 7.53. The largest absolute Gasteiger partial charge is 0.496 e. The first-order valence-corrected chi connectivity index (χ1v) is 4.26. The van der Waals surface area contributed by atoms with Crippen molar-refractivity contribution in [1.29, 1.82) is 0 Å². The predicted molar refractivity (Wildman–Crippen MR) is 54.7 cm³/mol. The molecule has 0 heterocycles. The number of hydrogen-bond acceptors (Lipinski definition) is 2. The van der Waals surface area contributed by atoms with Crippen LogP contribution in [0.4, 0.5) is 0 Å². The van der Waals surface area contributed by atoms with Crippen LogP contribution in [0.2, 0.25) is 5.02 Å². The van der Waals surface area contributed by atoms with Gasteiger partial charge in [-0.05, 0) is 24.3 Å². The lowest BCUT2D eigenvalue weighted by Crippen LogP contribution is -1.89. The van der Waals surface area contributed by atoms with Gasteiger partial charge in [0.2, 0.25) is 0 Å². The van der Waals surface area contributed by atoms with Crippen LogP contribution in [0.5, 0.6) is 5.75 Å². The Kier molecular flexibility index (Phi) is 3.54. The highest BCUT2D eigenvalue weighted by Crippen LogP contribution is 2.23. The lowest BCUT2D eigenvalue weighted by atomic mass is 10.2. The van der Waals surface area contributed by atoms with E-state index in [1.54, 1.807) is 18.2 Å². The van der Waals surface area contributed by atoms with Crippen molar-refractivity contribution in [3.8, 4) is 5.75 Å². The number of benzene rings is 1. The van der Waals surface area contributed by atoms with E-state index in [4.69, 9.17) is 21.4 Å². The molecule has 1 aromatic rings. The number of ether oxygens (including phenoxy) is 1. The van der Waals surface area contributed by atoms with E-state index < -0.39 is 5.97 Å². The van der Waals surface area contributed by atoms with E-state index in [0.29, 0.717) is 16.3 Å². The van der Waals surface area contributed by atoms with Crippen molar-refractivity contribution in [3.05, 3.63) is 34.9 Å². The summed E-state index contributed by atoms with van der Waals surface area (Å²) in [5, 5.41) is 8.98. The van der Waals surface area contributed by atoms with Gasteiger partial charge in [0.25, 0.3) is 0 Å². The highest BCUT2D eigenvalue weighted by molar-refractivity contribution is 6.30. The van der Waals surface area contributed by atoms with Crippen LogP contribution < -0.4 is 4.74 Å². The fourth-order valence-corrected chi connectivity index (χ4v) is 1.18. The highest BCUT2D eigenvalue weighted by Gasteiger charge is 2.00. The zero-order valence-corrected chi connectivity index (χ0v) is 8.28. The molecule has 0 spiro atoms. The monoisotopic (exact) mass is 212 g/mol. The molecular weight excluding hydrogens is 204 g/mol. The first-order chi connectivity index (χ1) is 6.63. The number of methoxy groups -OCH3 is 1. The van der Waals surface area contributed by atoms with Gasteiger partial charge in [-0.3, -0.25) is 0 Å². The van der Waals surface area contributed by atoms with Gasteiger partial charge >= 0.3 is 5.97 Å². The summed E-state index contributed by atoms with van der Waals surface area (Å²) >= 11 is 5.75. The van der Waals surface area contributed by atoms with Crippen LogP contribution in [-0.4, -0.2) is 18.2 Å². The molecule has 0 aromatic heterocycles. The van der Waals surface area contributed by atoms with E-state index in [2.05, 4.69) is 0 Å². The normalized spacial score (nSPS) is 10.4. The van der Waals surface area contributed by atoms with Crippen molar-refractivity contribution in [3.63, 3.8) is 0 Å². The van der Waals surface area contributed by atoms with Gasteiger partial charge in [0.1, 0.15) is 5.75 Å². The Hall–Kier alpha value is -1.48. The molecule has 0 aliphatic rings. The van der Waals surface area contributed by atoms with E-state index in [9.17, 15) is 4.79 Å².